The standard InChI is InChI=1S/C20H23N/c1-17(21-15-9-4-10-16-21)20(18-11-5-2-6-12-18)19-13-7-3-8-14-19/h2-3,5-8,11-14H,4,9-10,15-16H2,1H3. The van der Waals surface area contributed by atoms with Gasteiger partial charge in [-0.1, -0.05) is 60.7 Å². The van der Waals surface area contributed by atoms with Crippen molar-refractivity contribution in [2.45, 2.75) is 26.2 Å². The van der Waals surface area contributed by atoms with E-state index in [0.29, 0.717) is 0 Å². The molecule has 0 atom stereocenters. The molecular weight excluding hydrogens is 254 g/mol. The summed E-state index contributed by atoms with van der Waals surface area (Å²) in [4.78, 5) is 2.55. The fraction of sp³-hybridized carbons (Fsp3) is 0.300. The maximum atomic E-state index is 2.55. The van der Waals surface area contributed by atoms with Gasteiger partial charge in [-0.2, -0.15) is 0 Å². The van der Waals surface area contributed by atoms with E-state index >= 15 is 0 Å². The van der Waals surface area contributed by atoms with Crippen LogP contribution in [0.5, 0.6) is 0 Å². The first-order valence-electron chi connectivity index (χ1n) is 7.93. The summed E-state index contributed by atoms with van der Waals surface area (Å²) in [5.74, 6) is 0. The van der Waals surface area contributed by atoms with Crippen LogP contribution in [0.3, 0.4) is 0 Å². The van der Waals surface area contributed by atoms with Crippen molar-refractivity contribution >= 4 is 5.57 Å². The minimum Gasteiger partial charge on any atom is -0.375 e. The quantitative estimate of drug-likeness (QED) is 0.767. The van der Waals surface area contributed by atoms with Gasteiger partial charge in [-0.15, -0.1) is 0 Å². The molecule has 0 saturated carbocycles. The maximum Gasteiger partial charge on any atom is 0.0187 e. The molecule has 1 heterocycles. The summed E-state index contributed by atoms with van der Waals surface area (Å²) in [5.41, 5.74) is 5.41. The lowest BCUT2D eigenvalue weighted by Crippen LogP contribution is -2.28. The van der Waals surface area contributed by atoms with E-state index in [0.717, 1.165) is 0 Å². The summed E-state index contributed by atoms with van der Waals surface area (Å²) >= 11 is 0. The summed E-state index contributed by atoms with van der Waals surface area (Å²) in [6.07, 6.45) is 4.00. The highest BCUT2D eigenvalue weighted by Crippen LogP contribution is 2.29. The number of benzene rings is 2. The van der Waals surface area contributed by atoms with Crippen molar-refractivity contribution in [2.24, 2.45) is 0 Å². The zero-order valence-corrected chi connectivity index (χ0v) is 12.8. The molecule has 1 aliphatic heterocycles. The number of likely N-dealkylation sites (tertiary alicyclic amines) is 1. The van der Waals surface area contributed by atoms with Crippen LogP contribution in [-0.4, -0.2) is 18.0 Å². The molecule has 0 N–H and O–H groups in total. The van der Waals surface area contributed by atoms with E-state index in [4.69, 9.17) is 0 Å². The van der Waals surface area contributed by atoms with Crippen molar-refractivity contribution in [3.05, 3.63) is 77.5 Å². The number of piperidine rings is 1. The Labute approximate surface area is 127 Å². The highest BCUT2D eigenvalue weighted by Gasteiger charge is 2.16. The van der Waals surface area contributed by atoms with E-state index in [1.54, 1.807) is 0 Å². The zero-order chi connectivity index (χ0) is 14.5. The number of hydrogen-bond acceptors (Lipinski definition) is 1. The minimum atomic E-state index is 1.19. The lowest BCUT2D eigenvalue weighted by Gasteiger charge is -2.31. The molecule has 1 saturated heterocycles. The predicted octanol–water partition coefficient (Wildman–Crippen LogP) is 4.95. The third kappa shape index (κ3) is 3.18. The fourth-order valence-corrected chi connectivity index (χ4v) is 3.18. The van der Waals surface area contributed by atoms with Crippen molar-refractivity contribution < 1.29 is 0 Å². The van der Waals surface area contributed by atoms with Crippen LogP contribution in [0.2, 0.25) is 0 Å². The van der Waals surface area contributed by atoms with Crippen molar-refractivity contribution in [1.29, 1.82) is 0 Å². The molecule has 2 aromatic carbocycles. The van der Waals surface area contributed by atoms with Crippen LogP contribution >= 0.6 is 0 Å². The lowest BCUT2D eigenvalue weighted by molar-refractivity contribution is 0.287. The Morgan fingerprint density at radius 1 is 0.714 bits per heavy atom. The number of nitrogens with zero attached hydrogens (tertiary/aromatic N) is 1. The van der Waals surface area contributed by atoms with Crippen molar-refractivity contribution in [3.63, 3.8) is 0 Å². The molecule has 1 fully saturated rings. The van der Waals surface area contributed by atoms with Gasteiger partial charge in [-0.3, -0.25) is 0 Å². The van der Waals surface area contributed by atoms with Crippen molar-refractivity contribution in [3.8, 4) is 0 Å². The second-order valence-electron chi connectivity index (χ2n) is 5.74. The second kappa shape index (κ2) is 6.62. The molecule has 2 aromatic rings. The molecule has 1 aliphatic rings. The van der Waals surface area contributed by atoms with Gasteiger partial charge in [0, 0.05) is 24.4 Å². The second-order valence-corrected chi connectivity index (χ2v) is 5.74. The summed E-state index contributed by atoms with van der Waals surface area (Å²) in [6, 6.07) is 21.6. The minimum absolute atomic E-state index is 1.19. The maximum absolute atomic E-state index is 2.55. The highest BCUT2D eigenvalue weighted by atomic mass is 15.1. The summed E-state index contributed by atoms with van der Waals surface area (Å²) < 4.78 is 0. The fourth-order valence-electron chi connectivity index (χ4n) is 3.18. The van der Waals surface area contributed by atoms with Crippen LogP contribution in [0.15, 0.2) is 66.4 Å². The Morgan fingerprint density at radius 3 is 1.67 bits per heavy atom. The molecule has 21 heavy (non-hydrogen) atoms. The van der Waals surface area contributed by atoms with Crippen molar-refractivity contribution in [1.82, 2.24) is 4.90 Å². The largest absolute Gasteiger partial charge is 0.375 e. The topological polar surface area (TPSA) is 3.24 Å². The van der Waals surface area contributed by atoms with Gasteiger partial charge in [-0.05, 0) is 37.3 Å². The van der Waals surface area contributed by atoms with Crippen LogP contribution in [0, 0.1) is 0 Å². The molecule has 0 aliphatic carbocycles. The third-order valence-electron chi connectivity index (χ3n) is 4.32. The zero-order valence-electron chi connectivity index (χ0n) is 12.8. The van der Waals surface area contributed by atoms with E-state index in [1.165, 1.54) is 54.7 Å². The molecule has 0 spiro atoms. The summed E-state index contributed by atoms with van der Waals surface area (Å²) in [5, 5.41) is 0. The molecule has 0 unspecified atom stereocenters. The number of allylic oxidation sites excluding steroid dienone is 1. The Bertz CT molecular complexity index is 551. The number of hydrogen-bond donors (Lipinski definition) is 0. The molecule has 0 radical (unpaired) electrons. The van der Waals surface area contributed by atoms with E-state index in [9.17, 15) is 0 Å². The first-order chi connectivity index (χ1) is 10.4. The predicted molar refractivity (Wildman–Crippen MR) is 90.0 cm³/mol. The first-order valence-corrected chi connectivity index (χ1v) is 7.93. The Kier molecular flexibility index (Phi) is 4.40. The van der Waals surface area contributed by atoms with E-state index in [2.05, 4.69) is 72.5 Å². The van der Waals surface area contributed by atoms with Crippen LogP contribution in [0.1, 0.15) is 37.3 Å². The van der Waals surface area contributed by atoms with Gasteiger partial charge in [0.05, 0.1) is 0 Å². The smallest absolute Gasteiger partial charge is 0.0187 e. The molecule has 1 heteroatoms. The van der Waals surface area contributed by atoms with Gasteiger partial charge in [0.15, 0.2) is 0 Å². The van der Waals surface area contributed by atoms with Crippen LogP contribution < -0.4 is 0 Å². The van der Waals surface area contributed by atoms with Crippen LogP contribution in [0.4, 0.5) is 0 Å². The average Bonchev–Trinajstić information content (AvgIpc) is 2.58. The Balaban J connectivity index is 2.07. The van der Waals surface area contributed by atoms with E-state index in [1.807, 2.05) is 0 Å². The van der Waals surface area contributed by atoms with Crippen LogP contribution in [-0.2, 0) is 0 Å². The van der Waals surface area contributed by atoms with E-state index < -0.39 is 0 Å². The van der Waals surface area contributed by atoms with Gasteiger partial charge in [0.2, 0.25) is 0 Å². The third-order valence-corrected chi connectivity index (χ3v) is 4.32. The SMILES string of the molecule is CC(=C(c1ccccc1)c1ccccc1)N1CCCCC1. The van der Waals surface area contributed by atoms with Gasteiger partial charge in [-0.25, -0.2) is 0 Å². The van der Waals surface area contributed by atoms with Gasteiger partial charge < -0.3 is 4.90 Å². The molecule has 108 valence electrons. The molecule has 1 nitrogen and oxygen atoms in total. The Morgan fingerprint density at radius 2 is 1.19 bits per heavy atom. The monoisotopic (exact) mass is 277 g/mol. The summed E-state index contributed by atoms with van der Waals surface area (Å²) in [7, 11) is 0. The van der Waals surface area contributed by atoms with Crippen molar-refractivity contribution in [2.75, 3.05) is 13.1 Å². The van der Waals surface area contributed by atoms with Gasteiger partial charge >= 0.3 is 0 Å². The molecule has 0 amide bonds. The average molecular weight is 277 g/mol. The van der Waals surface area contributed by atoms with Gasteiger partial charge in [0.1, 0.15) is 0 Å². The molecule has 3 rings (SSSR count). The molecule has 0 aromatic heterocycles. The lowest BCUT2D eigenvalue weighted by atomic mass is 9.95. The normalized spacial score (nSPS) is 14.8. The van der Waals surface area contributed by atoms with Gasteiger partial charge in [0.25, 0.3) is 0 Å². The summed E-state index contributed by atoms with van der Waals surface area (Å²) in [6.45, 7) is 4.66. The molecular formula is C20H23N. The highest BCUT2D eigenvalue weighted by molar-refractivity contribution is 5.81. The molecule has 0 bridgehead atoms. The number of rotatable bonds is 3. The first kappa shape index (κ1) is 13.9. The van der Waals surface area contributed by atoms with E-state index in [-0.39, 0.29) is 0 Å². The Hall–Kier alpha value is -2.02. The van der Waals surface area contributed by atoms with Crippen LogP contribution in [0.25, 0.3) is 5.57 Å².